The van der Waals surface area contributed by atoms with Crippen molar-refractivity contribution in [3.8, 4) is 11.1 Å². The summed E-state index contributed by atoms with van der Waals surface area (Å²) in [4.78, 5) is 0. The monoisotopic (exact) mass is 434 g/mol. The van der Waals surface area contributed by atoms with Gasteiger partial charge in [0.15, 0.2) is 0 Å². The summed E-state index contributed by atoms with van der Waals surface area (Å²) in [6.45, 7) is 0. The second kappa shape index (κ2) is 6.12. The third-order valence-electron chi connectivity index (χ3n) is 7.47. The van der Waals surface area contributed by atoms with Gasteiger partial charge < -0.3 is 4.42 Å². The number of rotatable bonds is 0. The van der Waals surface area contributed by atoms with Gasteiger partial charge in [-0.15, -0.1) is 0 Å². The minimum absolute atomic E-state index is 0.309. The Hall–Kier alpha value is -3.88. The Morgan fingerprint density at radius 1 is 0.485 bits per heavy atom. The molecule has 2 heterocycles. The molecule has 152 valence electrons. The highest BCUT2D eigenvalue weighted by Gasteiger charge is 2.49. The summed E-state index contributed by atoms with van der Waals surface area (Å²) in [7, 11) is 0.609. The van der Waals surface area contributed by atoms with Crippen LogP contribution in [0.25, 0.3) is 33.1 Å². The molecule has 2 aliphatic rings. The molecule has 0 bridgehead atoms. The summed E-state index contributed by atoms with van der Waals surface area (Å²) in [6.07, 6.45) is 0. The Morgan fingerprint density at radius 2 is 1.12 bits per heavy atom. The average Bonchev–Trinajstić information content (AvgIpc) is 3.37. The van der Waals surface area contributed by atoms with Crippen LogP contribution >= 0.6 is 0 Å². The molecule has 0 fully saturated rings. The van der Waals surface area contributed by atoms with Crippen LogP contribution in [0.4, 0.5) is 0 Å². The Balaban J connectivity index is 1.60. The third-order valence-corrected chi connectivity index (χ3v) is 8.86. The molecule has 2 radical (unpaired) electrons. The molecule has 5 aromatic carbocycles. The zero-order valence-electron chi connectivity index (χ0n) is 17.8. The van der Waals surface area contributed by atoms with Crippen molar-refractivity contribution in [2.75, 3.05) is 0 Å². The van der Waals surface area contributed by atoms with Crippen LogP contribution in [0.3, 0.4) is 0 Å². The molecule has 0 saturated heterocycles. The Morgan fingerprint density at radius 3 is 1.91 bits per heavy atom. The number of para-hydroxylation sites is 1. The molecule has 0 atom stereocenters. The second-order valence-corrected chi connectivity index (χ2v) is 10.3. The number of benzene rings is 5. The molecule has 0 amide bonds. The van der Waals surface area contributed by atoms with Gasteiger partial charge in [-0.1, -0.05) is 96.2 Å². The van der Waals surface area contributed by atoms with Crippen LogP contribution in [0.1, 0.15) is 22.3 Å². The van der Waals surface area contributed by atoms with E-state index in [4.69, 9.17) is 4.42 Å². The maximum absolute atomic E-state index is 6.30. The van der Waals surface area contributed by atoms with E-state index in [1.165, 1.54) is 54.5 Å². The first kappa shape index (κ1) is 17.6. The molecule has 0 unspecified atom stereocenters. The predicted molar refractivity (Wildman–Crippen MR) is 136 cm³/mol. The lowest BCUT2D eigenvalue weighted by Crippen LogP contribution is -2.48. The van der Waals surface area contributed by atoms with E-state index in [-0.39, 0.29) is 5.41 Å². The zero-order valence-corrected chi connectivity index (χ0v) is 18.8. The molecular formula is C31H18OSi. The van der Waals surface area contributed by atoms with Crippen LogP contribution < -0.4 is 10.4 Å². The summed E-state index contributed by atoms with van der Waals surface area (Å²) < 4.78 is 6.30. The maximum atomic E-state index is 6.30. The lowest BCUT2D eigenvalue weighted by atomic mass is 9.67. The largest absolute Gasteiger partial charge is 0.456 e. The fourth-order valence-corrected chi connectivity index (χ4v) is 7.68. The number of hydrogen-bond donors (Lipinski definition) is 0. The van der Waals surface area contributed by atoms with Gasteiger partial charge in [0.05, 0.1) is 5.41 Å². The van der Waals surface area contributed by atoms with Gasteiger partial charge in [-0.3, -0.25) is 0 Å². The van der Waals surface area contributed by atoms with Gasteiger partial charge in [0.25, 0.3) is 0 Å². The summed E-state index contributed by atoms with van der Waals surface area (Å²) >= 11 is 0. The van der Waals surface area contributed by atoms with Gasteiger partial charge in [-0.05, 0) is 56.8 Å². The molecule has 0 saturated carbocycles. The first-order chi connectivity index (χ1) is 16.4. The van der Waals surface area contributed by atoms with Gasteiger partial charge >= 0.3 is 0 Å². The summed E-state index contributed by atoms with van der Waals surface area (Å²) in [5.74, 6) is 0. The summed E-state index contributed by atoms with van der Waals surface area (Å²) in [5.41, 5.74) is 9.90. The third kappa shape index (κ3) is 2.08. The quantitative estimate of drug-likeness (QED) is 0.270. The van der Waals surface area contributed by atoms with E-state index in [2.05, 4.69) is 103 Å². The minimum atomic E-state index is -0.309. The summed E-state index contributed by atoms with van der Waals surface area (Å²) in [6, 6.07) is 40.1. The normalized spacial score (nSPS) is 14.8. The molecule has 0 N–H and O–H groups in total. The van der Waals surface area contributed by atoms with Gasteiger partial charge in [0.2, 0.25) is 0 Å². The zero-order chi connectivity index (χ0) is 21.6. The van der Waals surface area contributed by atoms with Gasteiger partial charge in [-0.25, -0.2) is 0 Å². The van der Waals surface area contributed by atoms with E-state index in [9.17, 15) is 0 Å². The van der Waals surface area contributed by atoms with Crippen molar-refractivity contribution in [2.45, 2.75) is 5.41 Å². The van der Waals surface area contributed by atoms with E-state index < -0.39 is 0 Å². The molecule has 1 aliphatic heterocycles. The van der Waals surface area contributed by atoms with Crippen molar-refractivity contribution in [1.82, 2.24) is 0 Å². The Labute approximate surface area is 194 Å². The van der Waals surface area contributed by atoms with Crippen molar-refractivity contribution in [2.24, 2.45) is 0 Å². The van der Waals surface area contributed by atoms with Crippen molar-refractivity contribution < 1.29 is 4.42 Å². The van der Waals surface area contributed by atoms with Crippen molar-refractivity contribution in [3.63, 3.8) is 0 Å². The van der Waals surface area contributed by atoms with Crippen LogP contribution in [-0.4, -0.2) is 9.52 Å². The number of furan rings is 1. The molecule has 33 heavy (non-hydrogen) atoms. The van der Waals surface area contributed by atoms with Crippen LogP contribution in [0.15, 0.2) is 114 Å². The molecular weight excluding hydrogens is 416 g/mol. The lowest BCUT2D eigenvalue weighted by Gasteiger charge is -2.40. The fraction of sp³-hybridized carbons (Fsp3) is 0.0323. The predicted octanol–water partition coefficient (Wildman–Crippen LogP) is 5.92. The molecule has 1 aromatic heterocycles. The van der Waals surface area contributed by atoms with Crippen molar-refractivity contribution in [1.29, 1.82) is 0 Å². The second-order valence-electron chi connectivity index (χ2n) is 9.00. The van der Waals surface area contributed by atoms with E-state index in [1.807, 2.05) is 6.07 Å². The highest BCUT2D eigenvalue weighted by atomic mass is 28.2. The molecule has 6 aromatic rings. The Kier molecular flexibility index (Phi) is 3.27. The van der Waals surface area contributed by atoms with Gasteiger partial charge in [0.1, 0.15) is 20.7 Å². The number of hydrogen-bond acceptors (Lipinski definition) is 1. The molecule has 8 rings (SSSR count). The molecule has 1 nitrogen and oxygen atoms in total. The van der Waals surface area contributed by atoms with E-state index in [1.54, 1.807) is 0 Å². The maximum Gasteiger partial charge on any atom is 0.135 e. The van der Waals surface area contributed by atoms with Crippen LogP contribution in [0, 0.1) is 0 Å². The van der Waals surface area contributed by atoms with Gasteiger partial charge in [-0.2, -0.15) is 0 Å². The highest BCUT2D eigenvalue weighted by Crippen LogP contribution is 2.56. The molecule has 1 spiro atoms. The topological polar surface area (TPSA) is 13.1 Å². The lowest BCUT2D eigenvalue weighted by molar-refractivity contribution is 0.668. The SMILES string of the molecule is c1ccc2c(c1)[Si]c1cc3oc4ccccc4c3cc1C21c2ccccc2-c2ccccc21. The molecule has 1 aliphatic carbocycles. The van der Waals surface area contributed by atoms with Crippen LogP contribution in [0.2, 0.25) is 0 Å². The summed E-state index contributed by atoms with van der Waals surface area (Å²) in [5, 5.41) is 5.20. The minimum Gasteiger partial charge on any atom is -0.456 e. The smallest absolute Gasteiger partial charge is 0.135 e. The fourth-order valence-electron chi connectivity index (χ4n) is 6.21. The van der Waals surface area contributed by atoms with Crippen LogP contribution in [-0.2, 0) is 5.41 Å². The average molecular weight is 435 g/mol. The standard InChI is InChI=1S/C31H18OSi/c1-4-12-23-19(9-1)20-10-2-5-13-24(20)31(23)25-14-6-8-16-29(25)33-30-18-28-22(17-26(30)31)21-11-3-7-15-27(21)32-28/h1-18H. The number of fused-ring (bicyclic) bond motifs is 12. The first-order valence-corrected chi connectivity index (χ1v) is 12.4. The van der Waals surface area contributed by atoms with E-state index in [0.717, 1.165) is 11.2 Å². The van der Waals surface area contributed by atoms with E-state index in [0.29, 0.717) is 9.52 Å². The van der Waals surface area contributed by atoms with E-state index >= 15 is 0 Å². The van der Waals surface area contributed by atoms with Crippen LogP contribution in [0.5, 0.6) is 0 Å². The first-order valence-electron chi connectivity index (χ1n) is 11.4. The van der Waals surface area contributed by atoms with Crippen molar-refractivity contribution >= 4 is 41.8 Å². The highest BCUT2D eigenvalue weighted by molar-refractivity contribution is 6.69. The molecule has 2 heteroatoms. The van der Waals surface area contributed by atoms with Crippen molar-refractivity contribution in [3.05, 3.63) is 131 Å². The van der Waals surface area contributed by atoms with Gasteiger partial charge in [0, 0.05) is 10.8 Å². The Bertz CT molecular complexity index is 1710.